The Bertz CT molecular complexity index is 521. The van der Waals surface area contributed by atoms with E-state index in [2.05, 4.69) is 31.6 Å². The average Bonchev–Trinajstić information content (AvgIpc) is 2.69. The topological polar surface area (TPSA) is 42.7 Å². The second-order valence-electron chi connectivity index (χ2n) is 4.03. The van der Waals surface area contributed by atoms with E-state index in [4.69, 9.17) is 11.6 Å². The van der Waals surface area contributed by atoms with Crippen molar-refractivity contribution < 1.29 is 0 Å². The van der Waals surface area contributed by atoms with Crippen LogP contribution in [-0.4, -0.2) is 22.0 Å². The fraction of sp³-hybridized carbons (Fsp3) is 0.333. The molecule has 0 spiro atoms. The van der Waals surface area contributed by atoms with Crippen molar-refractivity contribution in [2.24, 2.45) is 7.05 Å². The van der Waals surface area contributed by atoms with E-state index < -0.39 is 0 Å². The number of aromatic nitrogens is 3. The number of benzene rings is 1. The lowest BCUT2D eigenvalue weighted by Crippen LogP contribution is -2.22. The van der Waals surface area contributed by atoms with Crippen LogP contribution in [0.15, 0.2) is 28.9 Å². The number of nitrogens with one attached hydrogen (secondary N) is 1. The molecule has 0 amide bonds. The maximum atomic E-state index is 6.19. The first kappa shape index (κ1) is 13.5. The molecule has 0 radical (unpaired) electrons. The average molecular weight is 330 g/mol. The molecule has 0 aliphatic rings. The quantitative estimate of drug-likeness (QED) is 0.938. The Morgan fingerprint density at radius 2 is 2.17 bits per heavy atom. The number of rotatable bonds is 4. The lowest BCUT2D eigenvalue weighted by atomic mass is 10.0. The molecular formula is C12H14BrClN4. The lowest BCUT2D eigenvalue weighted by Gasteiger charge is -2.17. The summed E-state index contributed by atoms with van der Waals surface area (Å²) in [6.45, 7) is 0. The monoisotopic (exact) mass is 328 g/mol. The second-order valence-corrected chi connectivity index (χ2v) is 5.18. The number of nitrogens with zero attached hydrogens (tertiary/aromatic N) is 3. The minimum Gasteiger partial charge on any atom is -0.311 e. The van der Waals surface area contributed by atoms with Crippen LogP contribution in [0.25, 0.3) is 0 Å². The molecule has 18 heavy (non-hydrogen) atoms. The third-order valence-electron chi connectivity index (χ3n) is 2.89. The van der Waals surface area contributed by atoms with E-state index in [9.17, 15) is 0 Å². The van der Waals surface area contributed by atoms with Crippen molar-refractivity contribution in [3.63, 3.8) is 0 Å². The number of hydrogen-bond acceptors (Lipinski definition) is 3. The minimum atomic E-state index is 0.110. The van der Waals surface area contributed by atoms with Gasteiger partial charge < -0.3 is 5.32 Å². The molecule has 4 nitrogen and oxygen atoms in total. The Morgan fingerprint density at radius 3 is 2.72 bits per heavy atom. The van der Waals surface area contributed by atoms with E-state index in [1.807, 2.05) is 38.4 Å². The number of aryl methyl sites for hydroxylation is 1. The van der Waals surface area contributed by atoms with E-state index in [0.717, 1.165) is 27.3 Å². The van der Waals surface area contributed by atoms with Gasteiger partial charge in [0, 0.05) is 12.1 Å². The standard InChI is InChI=1S/C12H14BrClN4/c1-15-10(11-12(13)16-17-18(11)2)7-8-5-3-4-6-9(8)14/h3-6,10,15H,7H2,1-2H3. The van der Waals surface area contributed by atoms with Crippen molar-refractivity contribution >= 4 is 27.5 Å². The largest absolute Gasteiger partial charge is 0.311 e. The highest BCUT2D eigenvalue weighted by atomic mass is 79.9. The maximum absolute atomic E-state index is 6.19. The summed E-state index contributed by atoms with van der Waals surface area (Å²) < 4.78 is 2.53. The van der Waals surface area contributed by atoms with Gasteiger partial charge in [-0.1, -0.05) is 35.0 Å². The van der Waals surface area contributed by atoms with Crippen LogP contribution in [0.1, 0.15) is 17.3 Å². The highest BCUT2D eigenvalue weighted by Crippen LogP contribution is 2.26. The molecular weight excluding hydrogens is 316 g/mol. The number of halogens is 2. The smallest absolute Gasteiger partial charge is 0.153 e. The van der Waals surface area contributed by atoms with Crippen LogP contribution < -0.4 is 5.32 Å². The molecule has 96 valence electrons. The Labute approximate surface area is 119 Å². The molecule has 0 fully saturated rings. The molecule has 1 atom stereocenters. The van der Waals surface area contributed by atoms with Gasteiger partial charge in [0.2, 0.25) is 0 Å². The van der Waals surface area contributed by atoms with Crippen LogP contribution in [0, 0.1) is 0 Å². The molecule has 1 aromatic carbocycles. The van der Waals surface area contributed by atoms with Crippen molar-refractivity contribution in [1.82, 2.24) is 20.3 Å². The summed E-state index contributed by atoms with van der Waals surface area (Å²) in [7, 11) is 3.80. The Hall–Kier alpha value is -0.910. The molecule has 6 heteroatoms. The Balaban J connectivity index is 2.28. The van der Waals surface area contributed by atoms with E-state index in [-0.39, 0.29) is 6.04 Å². The van der Waals surface area contributed by atoms with Gasteiger partial charge in [0.15, 0.2) is 4.60 Å². The van der Waals surface area contributed by atoms with Gasteiger partial charge in [0.25, 0.3) is 0 Å². The summed E-state index contributed by atoms with van der Waals surface area (Å²) in [5, 5.41) is 12.1. The zero-order valence-electron chi connectivity index (χ0n) is 10.2. The minimum absolute atomic E-state index is 0.110. The maximum Gasteiger partial charge on any atom is 0.153 e. The SMILES string of the molecule is CNC(Cc1ccccc1Cl)c1c(Br)nnn1C. The van der Waals surface area contributed by atoms with E-state index in [1.165, 1.54) is 0 Å². The second kappa shape index (κ2) is 5.82. The van der Waals surface area contributed by atoms with E-state index in [1.54, 1.807) is 4.68 Å². The number of likely N-dealkylation sites (N-methyl/N-ethyl adjacent to an activating group) is 1. The molecule has 0 aliphatic heterocycles. The molecule has 0 saturated heterocycles. The number of hydrogen-bond donors (Lipinski definition) is 1. The van der Waals surface area contributed by atoms with Crippen LogP contribution in [-0.2, 0) is 13.5 Å². The van der Waals surface area contributed by atoms with E-state index >= 15 is 0 Å². The van der Waals surface area contributed by atoms with Gasteiger partial charge in [-0.2, -0.15) is 0 Å². The zero-order chi connectivity index (χ0) is 13.1. The molecule has 0 saturated carbocycles. The van der Waals surface area contributed by atoms with E-state index in [0.29, 0.717) is 0 Å². The summed E-state index contributed by atoms with van der Waals surface area (Å²) in [6.07, 6.45) is 0.788. The van der Waals surface area contributed by atoms with Gasteiger partial charge in [0.05, 0.1) is 11.7 Å². The molecule has 0 bridgehead atoms. The normalized spacial score (nSPS) is 12.7. The van der Waals surface area contributed by atoms with Gasteiger partial charge in [-0.25, -0.2) is 4.68 Å². The summed E-state index contributed by atoms with van der Waals surface area (Å²) in [4.78, 5) is 0. The summed E-state index contributed by atoms with van der Waals surface area (Å²) in [6, 6.07) is 7.97. The van der Waals surface area contributed by atoms with Crippen LogP contribution in [0.2, 0.25) is 5.02 Å². The molecule has 0 aliphatic carbocycles. The first-order valence-corrected chi connectivity index (χ1v) is 6.76. The van der Waals surface area contributed by atoms with Gasteiger partial charge in [-0.05, 0) is 41.0 Å². The third kappa shape index (κ3) is 2.74. The van der Waals surface area contributed by atoms with Crippen LogP contribution in [0.3, 0.4) is 0 Å². The van der Waals surface area contributed by atoms with Gasteiger partial charge in [-0.3, -0.25) is 0 Å². The first-order chi connectivity index (χ1) is 8.63. The molecule has 2 rings (SSSR count). The summed E-state index contributed by atoms with van der Waals surface area (Å²) >= 11 is 9.61. The zero-order valence-corrected chi connectivity index (χ0v) is 12.5. The predicted octanol–water partition coefficient (Wildman–Crippen LogP) is 2.73. The van der Waals surface area contributed by atoms with Crippen molar-refractivity contribution in [1.29, 1.82) is 0 Å². The van der Waals surface area contributed by atoms with Crippen molar-refractivity contribution in [2.75, 3.05) is 7.05 Å². The Morgan fingerprint density at radius 1 is 1.44 bits per heavy atom. The van der Waals surface area contributed by atoms with Crippen molar-refractivity contribution in [3.8, 4) is 0 Å². The highest BCUT2D eigenvalue weighted by Gasteiger charge is 2.19. The first-order valence-electron chi connectivity index (χ1n) is 5.59. The summed E-state index contributed by atoms with van der Waals surface area (Å²) in [5.41, 5.74) is 2.11. The fourth-order valence-corrected chi connectivity index (χ4v) is 2.74. The van der Waals surface area contributed by atoms with Crippen molar-refractivity contribution in [3.05, 3.63) is 45.1 Å². The third-order valence-corrected chi connectivity index (χ3v) is 3.82. The van der Waals surface area contributed by atoms with Crippen LogP contribution in [0.5, 0.6) is 0 Å². The highest BCUT2D eigenvalue weighted by molar-refractivity contribution is 9.10. The van der Waals surface area contributed by atoms with Gasteiger partial charge in [-0.15, -0.1) is 5.10 Å². The Kier molecular flexibility index (Phi) is 4.37. The fourth-order valence-electron chi connectivity index (χ4n) is 1.93. The van der Waals surface area contributed by atoms with Crippen LogP contribution >= 0.6 is 27.5 Å². The van der Waals surface area contributed by atoms with Crippen molar-refractivity contribution in [2.45, 2.75) is 12.5 Å². The molecule has 1 heterocycles. The molecule has 1 unspecified atom stereocenters. The van der Waals surface area contributed by atoms with Gasteiger partial charge in [0.1, 0.15) is 0 Å². The molecule has 1 N–H and O–H groups in total. The molecule has 1 aromatic heterocycles. The van der Waals surface area contributed by atoms with Gasteiger partial charge >= 0.3 is 0 Å². The van der Waals surface area contributed by atoms with Crippen LogP contribution in [0.4, 0.5) is 0 Å². The summed E-state index contributed by atoms with van der Waals surface area (Å²) in [5.74, 6) is 0. The lowest BCUT2D eigenvalue weighted by molar-refractivity contribution is 0.533. The predicted molar refractivity (Wildman–Crippen MR) is 75.7 cm³/mol. The molecule has 2 aromatic rings.